The van der Waals surface area contributed by atoms with Gasteiger partial charge in [0.25, 0.3) is 0 Å². The zero-order valence-corrected chi connectivity index (χ0v) is 22.2. The molecule has 38 heavy (non-hydrogen) atoms. The minimum atomic E-state index is -0.0434. The van der Waals surface area contributed by atoms with Crippen molar-refractivity contribution < 1.29 is 4.79 Å². The van der Waals surface area contributed by atoms with Crippen LogP contribution in [0.1, 0.15) is 54.7 Å². The molecule has 7 rings (SSSR count). The van der Waals surface area contributed by atoms with Crippen molar-refractivity contribution in [3.63, 3.8) is 0 Å². The highest BCUT2D eigenvalue weighted by atomic mass is 16.1. The number of nitrogens with zero attached hydrogens (tertiary/aromatic N) is 2. The van der Waals surface area contributed by atoms with E-state index in [1.807, 2.05) is 38.1 Å². The Labute approximate surface area is 223 Å². The van der Waals surface area contributed by atoms with Gasteiger partial charge in [-0.05, 0) is 76.9 Å². The van der Waals surface area contributed by atoms with Crippen LogP contribution >= 0.6 is 0 Å². The Hall–Kier alpha value is -4.50. The zero-order chi connectivity index (χ0) is 26.4. The van der Waals surface area contributed by atoms with Gasteiger partial charge in [0.05, 0.1) is 11.0 Å². The number of pyridine rings is 1. The fourth-order valence-electron chi connectivity index (χ4n) is 5.87. The van der Waals surface area contributed by atoms with Crippen molar-refractivity contribution in [3.8, 4) is 16.8 Å². The molecule has 3 heteroatoms. The summed E-state index contributed by atoms with van der Waals surface area (Å²) in [7, 11) is 0. The van der Waals surface area contributed by atoms with Gasteiger partial charge in [0.15, 0.2) is 5.78 Å². The molecule has 0 unspecified atom stereocenters. The highest BCUT2D eigenvalue weighted by Crippen LogP contribution is 2.50. The topological polar surface area (TPSA) is 34.9 Å². The zero-order valence-electron chi connectivity index (χ0n) is 22.2. The summed E-state index contributed by atoms with van der Waals surface area (Å²) in [6, 6.07) is 33.5. The average Bonchev–Trinajstić information content (AvgIpc) is 3.42. The van der Waals surface area contributed by atoms with E-state index in [1.165, 1.54) is 38.5 Å². The van der Waals surface area contributed by atoms with E-state index in [1.54, 1.807) is 24.5 Å². The van der Waals surface area contributed by atoms with Crippen LogP contribution in [0.5, 0.6) is 0 Å². The van der Waals surface area contributed by atoms with Crippen LogP contribution in [0.2, 0.25) is 0 Å². The minimum Gasteiger partial charge on any atom is -0.309 e. The van der Waals surface area contributed by atoms with Crippen LogP contribution in [0, 0.1) is 0 Å². The van der Waals surface area contributed by atoms with E-state index in [0.29, 0.717) is 11.1 Å². The molecular formula is C35H30N2O. The number of carbonyl (C=O) groups excluding carboxylic acids is 1. The molecule has 0 saturated carbocycles. The number of para-hydroxylation sites is 1. The molecule has 6 aromatic rings. The molecule has 0 amide bonds. The van der Waals surface area contributed by atoms with E-state index < -0.39 is 0 Å². The Kier molecular flexibility index (Phi) is 5.72. The van der Waals surface area contributed by atoms with Crippen molar-refractivity contribution >= 4 is 27.6 Å². The van der Waals surface area contributed by atoms with Gasteiger partial charge in [0.1, 0.15) is 0 Å². The maximum absolute atomic E-state index is 12.9. The quantitative estimate of drug-likeness (QED) is 0.231. The van der Waals surface area contributed by atoms with Crippen molar-refractivity contribution in [2.45, 2.75) is 33.1 Å². The predicted octanol–water partition coefficient (Wildman–Crippen LogP) is 8.74. The maximum Gasteiger partial charge on any atom is 0.193 e. The van der Waals surface area contributed by atoms with Gasteiger partial charge >= 0.3 is 0 Å². The Bertz CT molecular complexity index is 1810. The van der Waals surface area contributed by atoms with E-state index in [2.05, 4.69) is 84.1 Å². The summed E-state index contributed by atoms with van der Waals surface area (Å²) in [5, 5.41) is 2.49. The summed E-state index contributed by atoms with van der Waals surface area (Å²) in [5.74, 6) is 0.00262. The molecule has 0 bridgehead atoms. The SMILES string of the molecule is CC.CC1(C)c2ccccc2-c2cc3c(cc21)c1ccccc1n3-c1ccc(C(=O)c2ccncc2)cc1. The summed E-state index contributed by atoms with van der Waals surface area (Å²) in [5.41, 5.74) is 10.0. The van der Waals surface area contributed by atoms with Crippen LogP contribution in [-0.4, -0.2) is 15.3 Å². The normalized spacial score (nSPS) is 13.1. The number of hydrogen-bond acceptors (Lipinski definition) is 2. The summed E-state index contributed by atoms with van der Waals surface area (Å²) in [6.45, 7) is 8.64. The minimum absolute atomic E-state index is 0.00262. The summed E-state index contributed by atoms with van der Waals surface area (Å²) in [4.78, 5) is 17.0. The second-order valence-corrected chi connectivity index (χ2v) is 10.0. The Morgan fingerprint density at radius 2 is 1.32 bits per heavy atom. The molecule has 0 N–H and O–H groups in total. The van der Waals surface area contributed by atoms with Gasteiger partial charge in [-0.2, -0.15) is 0 Å². The van der Waals surface area contributed by atoms with Crippen molar-refractivity contribution in [2.75, 3.05) is 0 Å². The van der Waals surface area contributed by atoms with E-state index in [-0.39, 0.29) is 11.2 Å². The first-order valence-corrected chi connectivity index (χ1v) is 13.3. The van der Waals surface area contributed by atoms with Crippen molar-refractivity contribution in [1.29, 1.82) is 0 Å². The number of aromatic nitrogens is 2. The van der Waals surface area contributed by atoms with Crippen LogP contribution in [0.4, 0.5) is 0 Å². The molecule has 1 aliphatic carbocycles. The largest absolute Gasteiger partial charge is 0.309 e. The second-order valence-electron chi connectivity index (χ2n) is 10.0. The highest BCUT2D eigenvalue weighted by molar-refractivity contribution is 6.12. The molecule has 2 heterocycles. The number of rotatable bonds is 3. The van der Waals surface area contributed by atoms with Crippen LogP contribution < -0.4 is 0 Å². The second kappa shape index (κ2) is 9.11. The third kappa shape index (κ3) is 3.50. The van der Waals surface area contributed by atoms with Gasteiger partial charge in [-0.3, -0.25) is 9.78 Å². The van der Waals surface area contributed by atoms with Gasteiger partial charge < -0.3 is 4.57 Å². The lowest BCUT2D eigenvalue weighted by atomic mass is 9.82. The molecule has 0 aliphatic heterocycles. The lowest BCUT2D eigenvalue weighted by molar-refractivity contribution is 0.103. The number of benzene rings is 4. The molecule has 0 radical (unpaired) electrons. The maximum atomic E-state index is 12.9. The molecule has 0 fully saturated rings. The molecule has 0 atom stereocenters. The smallest absolute Gasteiger partial charge is 0.193 e. The van der Waals surface area contributed by atoms with E-state index in [9.17, 15) is 4.79 Å². The third-order valence-corrected chi connectivity index (χ3v) is 7.71. The summed E-state index contributed by atoms with van der Waals surface area (Å²) < 4.78 is 2.32. The van der Waals surface area contributed by atoms with Gasteiger partial charge in [-0.1, -0.05) is 70.2 Å². The first kappa shape index (κ1) is 23.9. The van der Waals surface area contributed by atoms with Gasteiger partial charge in [0.2, 0.25) is 0 Å². The number of ketones is 1. The Balaban J connectivity index is 0.00000129. The molecular weight excluding hydrogens is 464 g/mol. The molecule has 0 spiro atoms. The van der Waals surface area contributed by atoms with Crippen molar-refractivity contribution in [3.05, 3.63) is 132 Å². The number of carbonyl (C=O) groups is 1. The van der Waals surface area contributed by atoms with Gasteiger partial charge in [-0.25, -0.2) is 0 Å². The van der Waals surface area contributed by atoms with E-state index in [4.69, 9.17) is 0 Å². The monoisotopic (exact) mass is 494 g/mol. The predicted molar refractivity (Wildman–Crippen MR) is 157 cm³/mol. The molecule has 4 aromatic carbocycles. The lowest BCUT2D eigenvalue weighted by Gasteiger charge is -2.21. The van der Waals surface area contributed by atoms with E-state index in [0.717, 1.165) is 11.2 Å². The first-order valence-electron chi connectivity index (χ1n) is 13.3. The molecule has 1 aliphatic rings. The van der Waals surface area contributed by atoms with Crippen LogP contribution in [0.25, 0.3) is 38.6 Å². The standard InChI is InChI=1S/C33H24N2O.C2H6/c1-33(2)28-9-5-3-7-24(28)26-20-31-27(19-29(26)33)25-8-4-6-10-30(25)35(31)23-13-11-21(12-14-23)32(36)22-15-17-34-18-16-22;1-2/h3-20H,1-2H3;1-2H3. The molecule has 186 valence electrons. The number of hydrogen-bond donors (Lipinski definition) is 0. The third-order valence-electron chi connectivity index (χ3n) is 7.71. The van der Waals surface area contributed by atoms with Crippen molar-refractivity contribution in [1.82, 2.24) is 9.55 Å². The van der Waals surface area contributed by atoms with Crippen LogP contribution in [-0.2, 0) is 5.41 Å². The Morgan fingerprint density at radius 1 is 0.658 bits per heavy atom. The Morgan fingerprint density at radius 3 is 2.08 bits per heavy atom. The van der Waals surface area contributed by atoms with Crippen LogP contribution in [0.15, 0.2) is 109 Å². The van der Waals surface area contributed by atoms with Crippen molar-refractivity contribution in [2.24, 2.45) is 0 Å². The molecule has 0 saturated heterocycles. The molecule has 2 aromatic heterocycles. The van der Waals surface area contributed by atoms with Crippen LogP contribution in [0.3, 0.4) is 0 Å². The highest BCUT2D eigenvalue weighted by Gasteiger charge is 2.36. The molecule has 3 nitrogen and oxygen atoms in total. The lowest BCUT2D eigenvalue weighted by Crippen LogP contribution is -2.14. The van der Waals surface area contributed by atoms with E-state index >= 15 is 0 Å². The van der Waals surface area contributed by atoms with Gasteiger partial charge in [-0.15, -0.1) is 0 Å². The summed E-state index contributed by atoms with van der Waals surface area (Å²) >= 11 is 0. The number of fused-ring (bicyclic) bond motifs is 6. The fraction of sp³-hybridized carbons (Fsp3) is 0.143. The fourth-order valence-corrected chi connectivity index (χ4v) is 5.87. The first-order chi connectivity index (χ1) is 18.5. The average molecular weight is 495 g/mol. The summed E-state index contributed by atoms with van der Waals surface area (Å²) in [6.07, 6.45) is 3.30. The van der Waals surface area contributed by atoms with Gasteiger partial charge in [0, 0.05) is 45.4 Å².